The Bertz CT molecular complexity index is 1060. The zero-order valence-electron chi connectivity index (χ0n) is 17.3. The first-order valence-electron chi connectivity index (χ1n) is 10.2. The Kier molecular flexibility index (Phi) is 5.65. The van der Waals surface area contributed by atoms with Crippen molar-refractivity contribution >= 4 is 11.8 Å². The summed E-state index contributed by atoms with van der Waals surface area (Å²) in [5, 5.41) is 2.94. The summed E-state index contributed by atoms with van der Waals surface area (Å²) < 4.78 is 1.71. The minimum absolute atomic E-state index is 0.00657. The van der Waals surface area contributed by atoms with Crippen LogP contribution in [0.25, 0.3) is 11.1 Å². The van der Waals surface area contributed by atoms with Crippen LogP contribution in [-0.4, -0.2) is 45.9 Å². The number of benzene rings is 2. The van der Waals surface area contributed by atoms with Crippen LogP contribution >= 0.6 is 0 Å². The molecule has 30 heavy (non-hydrogen) atoms. The summed E-state index contributed by atoms with van der Waals surface area (Å²) in [6.45, 7) is 3.41. The van der Waals surface area contributed by atoms with Gasteiger partial charge in [0.1, 0.15) is 0 Å². The number of nitrogens with zero attached hydrogens (tertiary/aromatic N) is 3. The lowest BCUT2D eigenvalue weighted by Gasteiger charge is -2.23. The SMILES string of the molecule is Cc1cccc(-c2ccc(C[C@@H]3CN(C(=O)c4nccn4C)CCNC3=O)cc2)c1. The third-order valence-corrected chi connectivity index (χ3v) is 5.58. The molecule has 0 saturated carbocycles. The number of amides is 2. The van der Waals surface area contributed by atoms with E-state index in [1.165, 1.54) is 11.1 Å². The minimum atomic E-state index is -0.290. The number of nitrogens with one attached hydrogen (secondary N) is 1. The van der Waals surface area contributed by atoms with Crippen molar-refractivity contribution < 1.29 is 9.59 Å². The van der Waals surface area contributed by atoms with Gasteiger partial charge in [-0.1, -0.05) is 54.1 Å². The molecule has 1 N–H and O–H groups in total. The highest BCUT2D eigenvalue weighted by molar-refractivity contribution is 5.91. The van der Waals surface area contributed by atoms with Crippen molar-refractivity contribution in [1.29, 1.82) is 0 Å². The maximum Gasteiger partial charge on any atom is 0.289 e. The molecule has 4 rings (SSSR count). The lowest BCUT2D eigenvalue weighted by molar-refractivity contribution is -0.124. The highest BCUT2D eigenvalue weighted by Gasteiger charge is 2.29. The third kappa shape index (κ3) is 4.27. The number of aromatic nitrogens is 2. The van der Waals surface area contributed by atoms with Gasteiger partial charge in [0.25, 0.3) is 5.91 Å². The number of hydrogen-bond donors (Lipinski definition) is 1. The maximum absolute atomic E-state index is 12.9. The molecule has 3 aromatic rings. The largest absolute Gasteiger partial charge is 0.354 e. The normalized spacial score (nSPS) is 16.8. The number of rotatable bonds is 4. The molecule has 6 heteroatoms. The van der Waals surface area contributed by atoms with Crippen LogP contribution in [0.3, 0.4) is 0 Å². The van der Waals surface area contributed by atoms with Crippen LogP contribution in [0, 0.1) is 12.8 Å². The van der Waals surface area contributed by atoms with Crippen molar-refractivity contribution in [3.05, 3.63) is 77.9 Å². The molecule has 1 aromatic heterocycles. The zero-order valence-corrected chi connectivity index (χ0v) is 17.3. The van der Waals surface area contributed by atoms with Crippen molar-refractivity contribution in [2.24, 2.45) is 13.0 Å². The molecule has 2 aromatic carbocycles. The smallest absolute Gasteiger partial charge is 0.289 e. The Hall–Kier alpha value is -3.41. The predicted octanol–water partition coefficient (Wildman–Crippen LogP) is 2.83. The number of hydrogen-bond acceptors (Lipinski definition) is 3. The molecular weight excluding hydrogens is 376 g/mol. The Morgan fingerprint density at radius 1 is 1.17 bits per heavy atom. The molecule has 154 valence electrons. The summed E-state index contributed by atoms with van der Waals surface area (Å²) in [5.74, 6) is -0.0427. The van der Waals surface area contributed by atoms with E-state index in [9.17, 15) is 9.59 Å². The molecule has 0 radical (unpaired) electrons. The summed E-state index contributed by atoms with van der Waals surface area (Å²) in [5.41, 5.74) is 4.64. The Balaban J connectivity index is 1.49. The molecule has 0 unspecified atom stereocenters. The number of carbonyl (C=O) groups is 2. The molecule has 1 aliphatic rings. The average molecular weight is 402 g/mol. The molecular formula is C24H26N4O2. The molecule has 1 atom stereocenters. The highest BCUT2D eigenvalue weighted by Crippen LogP contribution is 2.22. The van der Waals surface area contributed by atoms with Gasteiger partial charge in [-0.25, -0.2) is 4.98 Å². The second-order valence-electron chi connectivity index (χ2n) is 7.87. The van der Waals surface area contributed by atoms with Gasteiger partial charge in [0, 0.05) is 39.1 Å². The third-order valence-electron chi connectivity index (χ3n) is 5.58. The molecule has 1 fully saturated rings. The first-order valence-corrected chi connectivity index (χ1v) is 10.2. The van der Waals surface area contributed by atoms with Crippen LogP contribution in [0.2, 0.25) is 0 Å². The Morgan fingerprint density at radius 2 is 1.97 bits per heavy atom. The van der Waals surface area contributed by atoms with Crippen molar-refractivity contribution in [2.45, 2.75) is 13.3 Å². The first kappa shape index (κ1) is 19.9. The summed E-state index contributed by atoms with van der Waals surface area (Å²) in [6, 6.07) is 16.7. The summed E-state index contributed by atoms with van der Waals surface area (Å²) in [4.78, 5) is 31.4. The minimum Gasteiger partial charge on any atom is -0.354 e. The van der Waals surface area contributed by atoms with Crippen molar-refractivity contribution in [3.63, 3.8) is 0 Å². The van der Waals surface area contributed by atoms with E-state index in [1.807, 2.05) is 0 Å². The first-order chi connectivity index (χ1) is 14.5. The van der Waals surface area contributed by atoms with Crippen LogP contribution in [0.1, 0.15) is 21.7 Å². The van der Waals surface area contributed by atoms with E-state index in [0.29, 0.717) is 31.9 Å². The summed E-state index contributed by atoms with van der Waals surface area (Å²) in [6.07, 6.45) is 3.95. The second-order valence-corrected chi connectivity index (χ2v) is 7.87. The van der Waals surface area contributed by atoms with E-state index >= 15 is 0 Å². The van der Waals surface area contributed by atoms with Crippen LogP contribution < -0.4 is 5.32 Å². The van der Waals surface area contributed by atoms with Gasteiger partial charge in [0.2, 0.25) is 5.91 Å². The van der Waals surface area contributed by atoms with Gasteiger partial charge >= 0.3 is 0 Å². The fraction of sp³-hybridized carbons (Fsp3) is 0.292. The topological polar surface area (TPSA) is 67.2 Å². The zero-order chi connectivity index (χ0) is 21.1. The van der Waals surface area contributed by atoms with Gasteiger partial charge in [-0.15, -0.1) is 0 Å². The van der Waals surface area contributed by atoms with Gasteiger partial charge in [0.05, 0.1) is 5.92 Å². The number of aryl methyl sites for hydroxylation is 2. The van der Waals surface area contributed by atoms with Crippen LogP contribution in [-0.2, 0) is 18.3 Å². The van der Waals surface area contributed by atoms with E-state index < -0.39 is 0 Å². The van der Waals surface area contributed by atoms with Crippen molar-refractivity contribution in [1.82, 2.24) is 19.8 Å². The molecule has 0 bridgehead atoms. The van der Waals surface area contributed by atoms with Gasteiger partial charge in [-0.2, -0.15) is 0 Å². The van der Waals surface area contributed by atoms with Crippen LogP contribution in [0.4, 0.5) is 0 Å². The van der Waals surface area contributed by atoms with Crippen molar-refractivity contribution in [3.8, 4) is 11.1 Å². The van der Waals surface area contributed by atoms with Gasteiger partial charge in [-0.3, -0.25) is 9.59 Å². The van der Waals surface area contributed by atoms with E-state index in [0.717, 1.165) is 11.1 Å². The van der Waals surface area contributed by atoms with E-state index in [4.69, 9.17) is 0 Å². The van der Waals surface area contributed by atoms with Crippen molar-refractivity contribution in [2.75, 3.05) is 19.6 Å². The number of carbonyl (C=O) groups excluding carboxylic acids is 2. The number of imidazole rings is 1. The van der Waals surface area contributed by atoms with Gasteiger partial charge in [-0.05, 0) is 30.0 Å². The summed E-state index contributed by atoms with van der Waals surface area (Å²) in [7, 11) is 1.80. The van der Waals surface area contributed by atoms with Crippen LogP contribution in [0.5, 0.6) is 0 Å². The molecule has 1 saturated heterocycles. The maximum atomic E-state index is 12.9. The lowest BCUT2D eigenvalue weighted by atomic mass is 9.95. The van der Waals surface area contributed by atoms with Gasteiger partial charge < -0.3 is 14.8 Å². The quantitative estimate of drug-likeness (QED) is 0.730. The van der Waals surface area contributed by atoms with Crippen LogP contribution in [0.15, 0.2) is 60.9 Å². The molecule has 2 amide bonds. The van der Waals surface area contributed by atoms with E-state index in [-0.39, 0.29) is 17.7 Å². The molecule has 6 nitrogen and oxygen atoms in total. The average Bonchev–Trinajstić information content (AvgIpc) is 3.09. The molecule has 1 aliphatic heterocycles. The lowest BCUT2D eigenvalue weighted by Crippen LogP contribution is -2.38. The molecule has 0 aliphatic carbocycles. The molecule has 0 spiro atoms. The van der Waals surface area contributed by atoms with Gasteiger partial charge in [0.15, 0.2) is 5.82 Å². The molecule has 2 heterocycles. The summed E-state index contributed by atoms with van der Waals surface area (Å²) >= 11 is 0. The predicted molar refractivity (Wildman–Crippen MR) is 116 cm³/mol. The second kappa shape index (κ2) is 8.53. The highest BCUT2D eigenvalue weighted by atomic mass is 16.2. The standard InChI is InChI=1S/C24H26N4O2/c1-17-4-3-5-20(14-17)19-8-6-18(7-9-19)15-21-16-28(13-11-26-23(21)29)24(30)22-25-10-12-27(22)2/h3-10,12,14,21H,11,13,15-16H2,1-2H3,(H,26,29)/t21-/m1/s1. The van der Waals surface area contributed by atoms with E-state index in [2.05, 4.69) is 65.8 Å². The Labute approximate surface area is 176 Å². The Morgan fingerprint density at radius 3 is 2.67 bits per heavy atom. The van der Waals surface area contributed by atoms with E-state index in [1.54, 1.807) is 28.9 Å². The fourth-order valence-corrected chi connectivity index (χ4v) is 3.90. The monoisotopic (exact) mass is 402 g/mol. The fourth-order valence-electron chi connectivity index (χ4n) is 3.90.